The van der Waals surface area contributed by atoms with Crippen molar-refractivity contribution in [2.45, 2.75) is 39.5 Å². The Morgan fingerprint density at radius 1 is 1.15 bits per heavy atom. The molecule has 0 bridgehead atoms. The Morgan fingerprint density at radius 2 is 1.81 bits per heavy atom. The molecule has 0 aliphatic rings. The molecule has 0 saturated carbocycles. The monoisotopic (exact) mass is 429 g/mol. The molecule has 0 aliphatic carbocycles. The minimum atomic E-state index is -0.879. The number of rotatable bonds is 9. The second-order valence-corrected chi connectivity index (χ2v) is 7.89. The summed E-state index contributed by atoms with van der Waals surface area (Å²) in [4.78, 5) is 11.4. The van der Waals surface area contributed by atoms with Gasteiger partial charge in [-0.15, -0.1) is 0 Å². The first-order valence-electron chi connectivity index (χ1n) is 8.58. The lowest BCUT2D eigenvalue weighted by Gasteiger charge is -2.18. The molecule has 0 radical (unpaired) electrons. The van der Waals surface area contributed by atoms with Crippen molar-refractivity contribution in [3.05, 3.63) is 62.6 Å². The van der Waals surface area contributed by atoms with E-state index in [2.05, 4.69) is 5.32 Å². The van der Waals surface area contributed by atoms with Gasteiger partial charge in [-0.05, 0) is 42.7 Å². The topological polar surface area (TPSA) is 58.6 Å². The van der Waals surface area contributed by atoms with Crippen molar-refractivity contribution in [1.29, 1.82) is 0 Å². The first-order valence-corrected chi connectivity index (χ1v) is 9.71. The maximum atomic E-state index is 11.4. The van der Waals surface area contributed by atoms with Gasteiger partial charge in [0, 0.05) is 32.7 Å². The molecule has 0 aliphatic heterocycles. The fourth-order valence-electron chi connectivity index (χ4n) is 2.62. The molecule has 0 aromatic heterocycles. The van der Waals surface area contributed by atoms with E-state index in [9.17, 15) is 9.90 Å². The predicted octanol–water partition coefficient (Wildman–Crippen LogP) is 5.81. The zero-order chi connectivity index (χ0) is 20.0. The summed E-state index contributed by atoms with van der Waals surface area (Å²) in [6.07, 6.45) is 0.529. The molecule has 0 saturated heterocycles. The molecule has 2 rings (SSSR count). The van der Waals surface area contributed by atoms with Crippen molar-refractivity contribution < 1.29 is 14.6 Å². The highest BCUT2D eigenvalue weighted by Crippen LogP contribution is 2.28. The SMILES string of the molecule is CC(C)CC(NCc1cc(Cl)ccc1OCc1c(Cl)cccc1Cl)C(=O)O. The molecular formula is C20H22Cl3NO3. The lowest BCUT2D eigenvalue weighted by atomic mass is 10.0. The number of carboxylic acids is 1. The Hall–Kier alpha value is -1.46. The minimum absolute atomic E-state index is 0.196. The van der Waals surface area contributed by atoms with E-state index in [0.29, 0.717) is 39.3 Å². The van der Waals surface area contributed by atoms with Crippen LogP contribution in [0.3, 0.4) is 0 Å². The average molecular weight is 431 g/mol. The van der Waals surface area contributed by atoms with Crippen LogP contribution in [0.5, 0.6) is 5.75 Å². The van der Waals surface area contributed by atoms with E-state index < -0.39 is 12.0 Å². The van der Waals surface area contributed by atoms with E-state index in [-0.39, 0.29) is 12.5 Å². The summed E-state index contributed by atoms with van der Waals surface area (Å²) in [7, 11) is 0. The van der Waals surface area contributed by atoms with Crippen LogP contribution in [0.15, 0.2) is 36.4 Å². The van der Waals surface area contributed by atoms with Gasteiger partial charge in [0.05, 0.1) is 0 Å². The van der Waals surface area contributed by atoms with Crippen molar-refractivity contribution in [3.8, 4) is 5.75 Å². The summed E-state index contributed by atoms with van der Waals surface area (Å²) < 4.78 is 5.90. The quantitative estimate of drug-likeness (QED) is 0.526. The van der Waals surface area contributed by atoms with Gasteiger partial charge in [0.1, 0.15) is 18.4 Å². The standard InChI is InChI=1S/C20H22Cl3NO3/c1-12(2)8-18(20(25)26)24-10-13-9-14(21)6-7-19(13)27-11-15-16(22)4-3-5-17(15)23/h3-7,9,12,18,24H,8,10-11H2,1-2H3,(H,25,26). The van der Waals surface area contributed by atoms with Gasteiger partial charge in [-0.25, -0.2) is 0 Å². The average Bonchev–Trinajstić information content (AvgIpc) is 2.59. The summed E-state index contributed by atoms with van der Waals surface area (Å²) in [5.74, 6) is -0.0244. The highest BCUT2D eigenvalue weighted by atomic mass is 35.5. The molecule has 1 unspecified atom stereocenters. The van der Waals surface area contributed by atoms with Gasteiger partial charge in [0.25, 0.3) is 0 Å². The molecule has 0 spiro atoms. The van der Waals surface area contributed by atoms with Gasteiger partial charge < -0.3 is 15.2 Å². The smallest absolute Gasteiger partial charge is 0.320 e. The molecule has 146 valence electrons. The number of carbonyl (C=O) groups is 1. The second-order valence-electron chi connectivity index (χ2n) is 6.64. The zero-order valence-electron chi connectivity index (χ0n) is 15.1. The summed E-state index contributed by atoms with van der Waals surface area (Å²) in [5.41, 5.74) is 1.46. The van der Waals surface area contributed by atoms with Crippen LogP contribution in [-0.4, -0.2) is 17.1 Å². The number of hydrogen-bond donors (Lipinski definition) is 2. The Labute approximate surface area is 174 Å². The van der Waals surface area contributed by atoms with Gasteiger partial charge in [0.2, 0.25) is 0 Å². The maximum absolute atomic E-state index is 11.4. The van der Waals surface area contributed by atoms with Crippen molar-refractivity contribution in [3.63, 3.8) is 0 Å². The van der Waals surface area contributed by atoms with Crippen molar-refractivity contribution in [1.82, 2.24) is 5.32 Å². The van der Waals surface area contributed by atoms with Crippen LogP contribution in [0.4, 0.5) is 0 Å². The van der Waals surface area contributed by atoms with Crippen molar-refractivity contribution >= 4 is 40.8 Å². The minimum Gasteiger partial charge on any atom is -0.488 e. The number of carboxylic acid groups (broad SMARTS) is 1. The molecule has 7 heteroatoms. The van der Waals surface area contributed by atoms with E-state index in [1.54, 1.807) is 36.4 Å². The first kappa shape index (κ1) is 21.8. The zero-order valence-corrected chi connectivity index (χ0v) is 17.4. The number of ether oxygens (including phenoxy) is 1. The molecule has 1 atom stereocenters. The fraction of sp³-hybridized carbons (Fsp3) is 0.350. The molecule has 2 aromatic rings. The van der Waals surface area contributed by atoms with Gasteiger partial charge in [-0.1, -0.05) is 54.7 Å². The van der Waals surface area contributed by atoms with Crippen LogP contribution in [0.1, 0.15) is 31.4 Å². The number of benzene rings is 2. The van der Waals surface area contributed by atoms with Crippen LogP contribution in [0.2, 0.25) is 15.1 Å². The third-order valence-electron chi connectivity index (χ3n) is 4.00. The molecule has 2 aromatic carbocycles. The number of aliphatic carboxylic acids is 1. The van der Waals surface area contributed by atoms with E-state index >= 15 is 0 Å². The fourth-order valence-corrected chi connectivity index (χ4v) is 3.32. The first-order chi connectivity index (χ1) is 12.8. The van der Waals surface area contributed by atoms with E-state index in [0.717, 1.165) is 5.56 Å². The van der Waals surface area contributed by atoms with Crippen LogP contribution in [0.25, 0.3) is 0 Å². The van der Waals surface area contributed by atoms with Crippen LogP contribution < -0.4 is 10.1 Å². The summed E-state index contributed by atoms with van der Waals surface area (Å²) in [6.45, 7) is 4.48. The maximum Gasteiger partial charge on any atom is 0.320 e. The molecule has 4 nitrogen and oxygen atoms in total. The Bertz CT molecular complexity index is 776. The van der Waals surface area contributed by atoms with Crippen LogP contribution in [-0.2, 0) is 17.9 Å². The molecular weight excluding hydrogens is 409 g/mol. The van der Waals surface area contributed by atoms with Gasteiger partial charge in [0.15, 0.2) is 0 Å². The molecule has 0 fully saturated rings. The van der Waals surface area contributed by atoms with Crippen LogP contribution in [0, 0.1) is 5.92 Å². The molecule has 2 N–H and O–H groups in total. The normalized spacial score (nSPS) is 12.2. The molecule has 0 heterocycles. The Balaban J connectivity index is 2.13. The van der Waals surface area contributed by atoms with Crippen molar-refractivity contribution in [2.24, 2.45) is 5.92 Å². The molecule has 27 heavy (non-hydrogen) atoms. The molecule has 0 amide bonds. The van der Waals surface area contributed by atoms with Crippen LogP contribution >= 0.6 is 34.8 Å². The lowest BCUT2D eigenvalue weighted by molar-refractivity contribution is -0.140. The van der Waals surface area contributed by atoms with E-state index in [1.165, 1.54) is 0 Å². The highest BCUT2D eigenvalue weighted by Gasteiger charge is 2.19. The predicted molar refractivity (Wildman–Crippen MR) is 110 cm³/mol. The van der Waals surface area contributed by atoms with Crippen molar-refractivity contribution in [2.75, 3.05) is 0 Å². The van der Waals surface area contributed by atoms with E-state index in [1.807, 2.05) is 13.8 Å². The second kappa shape index (κ2) is 10.2. The van der Waals surface area contributed by atoms with Gasteiger partial charge >= 0.3 is 5.97 Å². The summed E-state index contributed by atoms with van der Waals surface area (Å²) in [5, 5.41) is 14.1. The third kappa shape index (κ3) is 6.58. The summed E-state index contributed by atoms with van der Waals surface area (Å²) in [6, 6.07) is 9.85. The number of hydrogen-bond acceptors (Lipinski definition) is 3. The largest absolute Gasteiger partial charge is 0.488 e. The lowest BCUT2D eigenvalue weighted by Crippen LogP contribution is -2.37. The van der Waals surface area contributed by atoms with E-state index in [4.69, 9.17) is 39.5 Å². The number of nitrogens with one attached hydrogen (secondary N) is 1. The van der Waals surface area contributed by atoms with Gasteiger partial charge in [-0.2, -0.15) is 0 Å². The Kier molecular flexibility index (Phi) is 8.24. The third-order valence-corrected chi connectivity index (χ3v) is 4.94. The van der Waals surface area contributed by atoms with Gasteiger partial charge in [-0.3, -0.25) is 4.79 Å². The number of halogens is 3. The Morgan fingerprint density at radius 3 is 2.41 bits per heavy atom. The highest BCUT2D eigenvalue weighted by molar-refractivity contribution is 6.36. The summed E-state index contributed by atoms with van der Waals surface area (Å²) >= 11 is 18.5.